The molecule has 0 fully saturated rings. The zero-order valence-electron chi connectivity index (χ0n) is 14.8. The van der Waals surface area contributed by atoms with Gasteiger partial charge in [0, 0.05) is 5.41 Å². The Bertz CT molecular complexity index is 796. The molecule has 0 unspecified atom stereocenters. The first-order valence-corrected chi connectivity index (χ1v) is 8.67. The summed E-state index contributed by atoms with van der Waals surface area (Å²) in [6.07, 6.45) is -4.32. The molecule has 1 aliphatic rings. The molecule has 150 valence electrons. The van der Waals surface area contributed by atoms with Crippen LogP contribution in [0.25, 0.3) is 0 Å². The molecule has 0 aromatic heterocycles. The summed E-state index contributed by atoms with van der Waals surface area (Å²) in [5, 5.41) is 0. The van der Waals surface area contributed by atoms with Gasteiger partial charge in [-0.3, -0.25) is 0 Å². The first-order chi connectivity index (χ1) is 13.1. The Morgan fingerprint density at radius 3 is 1.82 bits per heavy atom. The van der Waals surface area contributed by atoms with Crippen LogP contribution in [0.3, 0.4) is 0 Å². The Kier molecular flexibility index (Phi) is 5.57. The van der Waals surface area contributed by atoms with E-state index in [2.05, 4.69) is 0 Å². The Morgan fingerprint density at radius 1 is 0.786 bits per heavy atom. The predicted octanol–water partition coefficient (Wildman–Crippen LogP) is 6.53. The van der Waals surface area contributed by atoms with E-state index in [1.807, 2.05) is 42.5 Å². The fourth-order valence-electron chi connectivity index (χ4n) is 3.40. The van der Waals surface area contributed by atoms with Crippen LogP contribution in [0.1, 0.15) is 35.1 Å². The average molecular weight is 400 g/mol. The molecule has 7 heteroatoms. The summed E-state index contributed by atoms with van der Waals surface area (Å²) in [6.45, 7) is -0.136. The van der Waals surface area contributed by atoms with Gasteiger partial charge in [-0.25, -0.2) is 0 Å². The molecule has 0 saturated heterocycles. The Labute approximate surface area is 158 Å². The summed E-state index contributed by atoms with van der Waals surface area (Å²) in [7, 11) is 0. The lowest BCUT2D eigenvalue weighted by Gasteiger charge is -2.29. The van der Waals surface area contributed by atoms with E-state index in [1.54, 1.807) is 0 Å². The number of allylic oxidation sites excluding steroid dienone is 2. The Hall–Kier alpha value is -2.28. The van der Waals surface area contributed by atoms with Gasteiger partial charge in [0.25, 0.3) is 0 Å². The van der Waals surface area contributed by atoms with Gasteiger partial charge in [0.2, 0.25) is 0 Å². The van der Waals surface area contributed by atoms with Crippen molar-refractivity contribution in [3.05, 3.63) is 82.9 Å². The van der Waals surface area contributed by atoms with E-state index in [9.17, 15) is 26.3 Å². The van der Waals surface area contributed by atoms with Crippen molar-refractivity contribution in [3.8, 4) is 0 Å². The molecule has 1 aliphatic carbocycles. The highest BCUT2D eigenvalue weighted by Gasteiger charge is 2.37. The molecule has 0 spiro atoms. The van der Waals surface area contributed by atoms with Crippen molar-refractivity contribution >= 4 is 0 Å². The summed E-state index contributed by atoms with van der Waals surface area (Å²) in [6, 6.07) is 11.1. The lowest BCUT2D eigenvalue weighted by Crippen LogP contribution is -2.29. The molecule has 3 rings (SSSR count). The SMILES string of the molecule is FC(F)(F)c1cc(COCC2(c3ccccc3)CC=CC2)cc(C(F)(F)F)c1. The molecule has 0 N–H and O–H groups in total. The van der Waals surface area contributed by atoms with E-state index >= 15 is 0 Å². The summed E-state index contributed by atoms with van der Waals surface area (Å²) >= 11 is 0. The number of rotatable bonds is 5. The first kappa shape index (κ1) is 20.5. The molecule has 1 nitrogen and oxygen atoms in total. The van der Waals surface area contributed by atoms with Crippen LogP contribution in [0.15, 0.2) is 60.7 Å². The molecule has 0 bridgehead atoms. The van der Waals surface area contributed by atoms with E-state index in [0.29, 0.717) is 25.0 Å². The molecule has 2 aromatic rings. The number of alkyl halides is 6. The molecule has 0 atom stereocenters. The largest absolute Gasteiger partial charge is 0.416 e. The smallest absolute Gasteiger partial charge is 0.376 e. The highest BCUT2D eigenvalue weighted by molar-refractivity contribution is 5.34. The highest BCUT2D eigenvalue weighted by Crippen LogP contribution is 2.39. The first-order valence-electron chi connectivity index (χ1n) is 8.67. The summed E-state index contributed by atoms with van der Waals surface area (Å²) in [5.41, 5.74) is -2.14. The van der Waals surface area contributed by atoms with Gasteiger partial charge in [-0.1, -0.05) is 42.5 Å². The van der Waals surface area contributed by atoms with Crippen LogP contribution in [-0.2, 0) is 29.1 Å². The van der Waals surface area contributed by atoms with Crippen LogP contribution in [0.5, 0.6) is 0 Å². The molecule has 0 aliphatic heterocycles. The third-order valence-electron chi connectivity index (χ3n) is 4.86. The second-order valence-electron chi connectivity index (χ2n) is 6.93. The number of ether oxygens (including phenoxy) is 1. The van der Waals surface area contributed by atoms with E-state index < -0.39 is 23.5 Å². The van der Waals surface area contributed by atoms with E-state index in [0.717, 1.165) is 5.56 Å². The Morgan fingerprint density at radius 2 is 1.32 bits per heavy atom. The normalized spacial score (nSPS) is 16.5. The van der Waals surface area contributed by atoms with Crippen molar-refractivity contribution in [3.63, 3.8) is 0 Å². The summed E-state index contributed by atoms with van der Waals surface area (Å²) in [5.74, 6) is 0. The van der Waals surface area contributed by atoms with Gasteiger partial charge in [-0.05, 0) is 42.2 Å². The number of hydrogen-bond acceptors (Lipinski definition) is 1. The van der Waals surface area contributed by atoms with Gasteiger partial charge in [-0.15, -0.1) is 0 Å². The maximum atomic E-state index is 13.0. The standard InChI is InChI=1S/C21H18F6O/c22-20(23,24)17-10-15(11-18(12-17)21(25,26)27)13-28-14-19(8-4-5-9-19)16-6-2-1-3-7-16/h1-7,10-12H,8-9,13-14H2. The third-order valence-corrected chi connectivity index (χ3v) is 4.86. The minimum atomic E-state index is -4.86. The summed E-state index contributed by atoms with van der Waals surface area (Å²) < 4.78 is 83.4. The minimum Gasteiger partial charge on any atom is -0.376 e. The van der Waals surface area contributed by atoms with Crippen LogP contribution < -0.4 is 0 Å². The fraction of sp³-hybridized carbons (Fsp3) is 0.333. The van der Waals surface area contributed by atoms with Crippen molar-refractivity contribution < 1.29 is 31.1 Å². The highest BCUT2D eigenvalue weighted by atomic mass is 19.4. The predicted molar refractivity (Wildman–Crippen MR) is 92.6 cm³/mol. The van der Waals surface area contributed by atoms with Crippen LogP contribution in [0.4, 0.5) is 26.3 Å². The Balaban J connectivity index is 1.78. The van der Waals surface area contributed by atoms with Gasteiger partial charge in [0.05, 0.1) is 24.3 Å². The van der Waals surface area contributed by atoms with Gasteiger partial charge in [0.1, 0.15) is 0 Å². The van der Waals surface area contributed by atoms with Crippen molar-refractivity contribution in [2.45, 2.75) is 37.2 Å². The van der Waals surface area contributed by atoms with Crippen LogP contribution >= 0.6 is 0 Å². The molecular formula is C21H18F6O. The molecule has 0 heterocycles. The molecule has 0 saturated carbocycles. The monoisotopic (exact) mass is 400 g/mol. The van der Waals surface area contributed by atoms with Gasteiger partial charge >= 0.3 is 12.4 Å². The van der Waals surface area contributed by atoms with Crippen LogP contribution in [-0.4, -0.2) is 6.61 Å². The van der Waals surface area contributed by atoms with Crippen molar-refractivity contribution in [1.82, 2.24) is 0 Å². The van der Waals surface area contributed by atoms with Gasteiger partial charge < -0.3 is 4.74 Å². The quantitative estimate of drug-likeness (QED) is 0.410. The van der Waals surface area contributed by atoms with E-state index in [-0.39, 0.29) is 30.3 Å². The lowest BCUT2D eigenvalue weighted by molar-refractivity contribution is -0.143. The number of benzene rings is 2. The molecule has 28 heavy (non-hydrogen) atoms. The van der Waals surface area contributed by atoms with Gasteiger partial charge in [0.15, 0.2) is 0 Å². The van der Waals surface area contributed by atoms with Crippen LogP contribution in [0.2, 0.25) is 0 Å². The van der Waals surface area contributed by atoms with Crippen molar-refractivity contribution in [1.29, 1.82) is 0 Å². The zero-order chi connectivity index (χ0) is 20.4. The maximum absolute atomic E-state index is 13.0. The van der Waals surface area contributed by atoms with Crippen molar-refractivity contribution in [2.24, 2.45) is 0 Å². The molecule has 2 aromatic carbocycles. The molecule has 0 radical (unpaired) electrons. The number of hydrogen-bond donors (Lipinski definition) is 0. The lowest BCUT2D eigenvalue weighted by atomic mass is 9.79. The average Bonchev–Trinajstić information content (AvgIpc) is 3.11. The molecule has 0 amide bonds. The number of halogens is 6. The van der Waals surface area contributed by atoms with Crippen molar-refractivity contribution in [2.75, 3.05) is 6.61 Å². The summed E-state index contributed by atoms with van der Waals surface area (Å²) in [4.78, 5) is 0. The fourth-order valence-corrected chi connectivity index (χ4v) is 3.40. The van der Waals surface area contributed by atoms with E-state index in [4.69, 9.17) is 4.74 Å². The van der Waals surface area contributed by atoms with Crippen LogP contribution in [0, 0.1) is 0 Å². The maximum Gasteiger partial charge on any atom is 0.416 e. The third kappa shape index (κ3) is 4.58. The molecular weight excluding hydrogens is 382 g/mol. The second-order valence-corrected chi connectivity index (χ2v) is 6.93. The minimum absolute atomic E-state index is 0.121. The topological polar surface area (TPSA) is 9.23 Å². The zero-order valence-corrected chi connectivity index (χ0v) is 14.8. The van der Waals surface area contributed by atoms with Gasteiger partial charge in [-0.2, -0.15) is 26.3 Å². The van der Waals surface area contributed by atoms with E-state index in [1.165, 1.54) is 0 Å². The second kappa shape index (κ2) is 7.62.